The summed E-state index contributed by atoms with van der Waals surface area (Å²) in [5, 5.41) is 18.2. The molecule has 0 aromatic rings. The van der Waals surface area contributed by atoms with E-state index in [9.17, 15) is 0 Å². The van der Waals surface area contributed by atoms with Crippen LogP contribution < -0.4 is 0 Å². The van der Waals surface area contributed by atoms with Gasteiger partial charge in [-0.15, -0.1) is 0 Å². The van der Waals surface area contributed by atoms with E-state index in [-0.39, 0.29) is 0 Å². The van der Waals surface area contributed by atoms with Crippen LogP contribution in [0, 0.1) is 0 Å². The first-order valence-electron chi connectivity index (χ1n) is 3.69. The number of aliphatic hydroxyl groups is 2. The van der Waals surface area contributed by atoms with Crippen molar-refractivity contribution in [2.45, 2.75) is 38.9 Å². The molecule has 0 fully saturated rings. The first-order valence-corrected chi connectivity index (χ1v) is 3.69. The van der Waals surface area contributed by atoms with Gasteiger partial charge < -0.3 is 10.2 Å². The molecule has 10 heavy (non-hydrogen) atoms. The topological polar surface area (TPSA) is 40.5 Å². The number of allylic oxidation sites excluding steroid dienone is 1. The molecule has 2 N–H and O–H groups in total. The summed E-state index contributed by atoms with van der Waals surface area (Å²) >= 11 is 0. The van der Waals surface area contributed by atoms with Crippen LogP contribution in [0.15, 0.2) is 12.2 Å². The highest BCUT2D eigenvalue weighted by molar-refractivity contribution is 4.82. The van der Waals surface area contributed by atoms with Crippen molar-refractivity contribution in [3.05, 3.63) is 12.2 Å². The molecule has 2 atom stereocenters. The van der Waals surface area contributed by atoms with Crippen LogP contribution in [0.1, 0.15) is 26.7 Å². The van der Waals surface area contributed by atoms with Crippen LogP contribution >= 0.6 is 0 Å². The Bertz CT molecular complexity index is 99.4. The van der Waals surface area contributed by atoms with Crippen molar-refractivity contribution in [1.82, 2.24) is 0 Å². The van der Waals surface area contributed by atoms with Gasteiger partial charge in [0, 0.05) is 0 Å². The average molecular weight is 144 g/mol. The number of rotatable bonds is 4. The molecule has 0 bridgehead atoms. The van der Waals surface area contributed by atoms with Gasteiger partial charge in [0.25, 0.3) is 0 Å². The molecule has 2 heteroatoms. The Labute approximate surface area is 62.2 Å². The van der Waals surface area contributed by atoms with E-state index >= 15 is 0 Å². The molecule has 0 saturated carbocycles. The zero-order valence-corrected chi connectivity index (χ0v) is 6.62. The maximum Gasteiger partial charge on any atom is 0.0833 e. The van der Waals surface area contributed by atoms with Crippen molar-refractivity contribution in [2.24, 2.45) is 0 Å². The smallest absolute Gasteiger partial charge is 0.0833 e. The largest absolute Gasteiger partial charge is 0.390 e. The zero-order valence-electron chi connectivity index (χ0n) is 6.62. The summed E-state index contributed by atoms with van der Waals surface area (Å²) in [6, 6.07) is 0. The lowest BCUT2D eigenvalue weighted by Crippen LogP contribution is -2.23. The van der Waals surface area contributed by atoms with E-state index in [1.54, 1.807) is 0 Å². The van der Waals surface area contributed by atoms with Crippen LogP contribution in [0.3, 0.4) is 0 Å². The summed E-state index contributed by atoms with van der Waals surface area (Å²) in [5.41, 5.74) is 0. The summed E-state index contributed by atoms with van der Waals surface area (Å²) in [5.74, 6) is 0. The molecule has 0 aromatic heterocycles. The predicted octanol–water partition coefficient (Wildman–Crippen LogP) is 1.08. The third-order valence-corrected chi connectivity index (χ3v) is 1.48. The molecular formula is C8H16O2. The van der Waals surface area contributed by atoms with Crippen LogP contribution in [-0.4, -0.2) is 22.4 Å². The van der Waals surface area contributed by atoms with E-state index in [0.29, 0.717) is 12.8 Å². The quantitative estimate of drug-likeness (QED) is 0.580. The van der Waals surface area contributed by atoms with Crippen molar-refractivity contribution in [2.75, 3.05) is 0 Å². The molecule has 0 radical (unpaired) electrons. The Morgan fingerprint density at radius 3 is 2.30 bits per heavy atom. The van der Waals surface area contributed by atoms with Gasteiger partial charge in [-0.05, 0) is 19.8 Å². The van der Waals surface area contributed by atoms with E-state index in [2.05, 4.69) is 0 Å². The van der Waals surface area contributed by atoms with Gasteiger partial charge in [-0.1, -0.05) is 19.1 Å². The normalized spacial score (nSPS) is 17.6. The molecular weight excluding hydrogens is 128 g/mol. The molecule has 0 aromatic carbocycles. The van der Waals surface area contributed by atoms with Gasteiger partial charge in [-0.3, -0.25) is 0 Å². The first kappa shape index (κ1) is 9.66. The first-order chi connectivity index (χ1) is 4.72. The van der Waals surface area contributed by atoms with Crippen molar-refractivity contribution in [3.8, 4) is 0 Å². The molecule has 0 aliphatic carbocycles. The van der Waals surface area contributed by atoms with Gasteiger partial charge >= 0.3 is 0 Å². The Balaban J connectivity index is 3.50. The van der Waals surface area contributed by atoms with Gasteiger partial charge in [0.15, 0.2) is 0 Å². The number of hydrogen-bond acceptors (Lipinski definition) is 2. The van der Waals surface area contributed by atoms with Crippen LogP contribution in [0.2, 0.25) is 0 Å². The lowest BCUT2D eigenvalue weighted by atomic mass is 10.1. The number of hydrogen-bond donors (Lipinski definition) is 2. The van der Waals surface area contributed by atoms with Gasteiger partial charge in [-0.2, -0.15) is 0 Å². The van der Waals surface area contributed by atoms with Crippen LogP contribution in [0.5, 0.6) is 0 Å². The summed E-state index contributed by atoms with van der Waals surface area (Å²) in [7, 11) is 0. The van der Waals surface area contributed by atoms with Crippen molar-refractivity contribution in [1.29, 1.82) is 0 Å². The van der Waals surface area contributed by atoms with Crippen LogP contribution in [-0.2, 0) is 0 Å². The van der Waals surface area contributed by atoms with E-state index in [0.717, 1.165) is 0 Å². The summed E-state index contributed by atoms with van der Waals surface area (Å²) in [6.07, 6.45) is 3.71. The standard InChI is InChI=1S/C8H16O2/c1-3-5-6-8(10)7(9)4-2/h3,5,7-10H,4,6H2,1-2H3. The molecule has 0 heterocycles. The maximum atomic E-state index is 9.15. The van der Waals surface area contributed by atoms with Crippen molar-refractivity contribution >= 4 is 0 Å². The van der Waals surface area contributed by atoms with E-state index < -0.39 is 12.2 Å². The van der Waals surface area contributed by atoms with Crippen molar-refractivity contribution < 1.29 is 10.2 Å². The molecule has 60 valence electrons. The third-order valence-electron chi connectivity index (χ3n) is 1.48. The highest BCUT2D eigenvalue weighted by Crippen LogP contribution is 2.02. The van der Waals surface area contributed by atoms with E-state index in [1.165, 1.54) is 0 Å². The average Bonchev–Trinajstić information content (AvgIpc) is 1.98. The fraction of sp³-hybridized carbons (Fsp3) is 0.750. The molecule has 0 aliphatic heterocycles. The molecule has 0 amide bonds. The van der Waals surface area contributed by atoms with E-state index in [1.807, 2.05) is 26.0 Å². The minimum Gasteiger partial charge on any atom is -0.390 e. The molecule has 0 rings (SSSR count). The summed E-state index contributed by atoms with van der Waals surface area (Å²) in [4.78, 5) is 0. The minimum atomic E-state index is -0.596. The highest BCUT2D eigenvalue weighted by atomic mass is 16.3. The lowest BCUT2D eigenvalue weighted by Gasteiger charge is -2.13. The van der Waals surface area contributed by atoms with E-state index in [4.69, 9.17) is 10.2 Å². The molecule has 0 aliphatic rings. The molecule has 2 unspecified atom stereocenters. The Morgan fingerprint density at radius 1 is 1.30 bits per heavy atom. The van der Waals surface area contributed by atoms with Crippen molar-refractivity contribution in [3.63, 3.8) is 0 Å². The molecule has 0 saturated heterocycles. The fourth-order valence-electron chi connectivity index (χ4n) is 0.705. The molecule has 0 spiro atoms. The Hall–Kier alpha value is -0.340. The monoisotopic (exact) mass is 144 g/mol. The second-order valence-electron chi connectivity index (χ2n) is 2.35. The minimum absolute atomic E-state index is 0.547. The van der Waals surface area contributed by atoms with Gasteiger partial charge in [-0.25, -0.2) is 0 Å². The van der Waals surface area contributed by atoms with Gasteiger partial charge in [0.05, 0.1) is 12.2 Å². The maximum absolute atomic E-state index is 9.15. The Kier molecular flexibility index (Phi) is 5.26. The summed E-state index contributed by atoms with van der Waals surface area (Å²) < 4.78 is 0. The lowest BCUT2D eigenvalue weighted by molar-refractivity contribution is 0.0197. The molecule has 2 nitrogen and oxygen atoms in total. The third kappa shape index (κ3) is 3.64. The summed E-state index contributed by atoms with van der Waals surface area (Å²) in [6.45, 7) is 3.74. The van der Waals surface area contributed by atoms with Gasteiger partial charge in [0.2, 0.25) is 0 Å². The fourth-order valence-corrected chi connectivity index (χ4v) is 0.705. The second kappa shape index (κ2) is 5.45. The van der Waals surface area contributed by atoms with Gasteiger partial charge in [0.1, 0.15) is 0 Å². The SMILES string of the molecule is CC=CCC(O)C(O)CC. The van der Waals surface area contributed by atoms with Crippen LogP contribution in [0.4, 0.5) is 0 Å². The van der Waals surface area contributed by atoms with Crippen LogP contribution in [0.25, 0.3) is 0 Å². The highest BCUT2D eigenvalue weighted by Gasteiger charge is 2.10. The Morgan fingerprint density at radius 2 is 1.90 bits per heavy atom. The number of aliphatic hydroxyl groups excluding tert-OH is 2. The predicted molar refractivity (Wildman–Crippen MR) is 41.7 cm³/mol. The second-order valence-corrected chi connectivity index (χ2v) is 2.35. The zero-order chi connectivity index (χ0) is 7.98.